The van der Waals surface area contributed by atoms with Crippen LogP contribution in [0.4, 0.5) is 11.5 Å². The number of aryl methyl sites for hydroxylation is 1. The molecule has 1 aromatic heterocycles. The molecule has 0 spiro atoms. The second-order valence-corrected chi connectivity index (χ2v) is 6.37. The molecule has 0 saturated heterocycles. The lowest BCUT2D eigenvalue weighted by molar-refractivity contribution is 0.102. The molecular formula is C17H15Cl2N5O. The highest BCUT2D eigenvalue weighted by Gasteiger charge is 2.18. The number of nitrogen functional groups attached to an aromatic ring is 1. The number of aromatic nitrogens is 3. The van der Waals surface area contributed by atoms with Crippen LogP contribution < -0.4 is 11.1 Å². The van der Waals surface area contributed by atoms with E-state index in [9.17, 15) is 4.79 Å². The van der Waals surface area contributed by atoms with Gasteiger partial charge in [-0.05, 0) is 42.3 Å². The van der Waals surface area contributed by atoms with Crippen LogP contribution in [0.1, 0.15) is 21.6 Å². The molecule has 3 rings (SSSR count). The van der Waals surface area contributed by atoms with Gasteiger partial charge >= 0.3 is 0 Å². The van der Waals surface area contributed by atoms with Gasteiger partial charge in [0, 0.05) is 15.7 Å². The van der Waals surface area contributed by atoms with E-state index in [1.807, 2.05) is 25.1 Å². The van der Waals surface area contributed by atoms with Crippen LogP contribution in [-0.2, 0) is 6.54 Å². The molecule has 3 N–H and O–H groups in total. The second kappa shape index (κ2) is 7.13. The molecule has 6 nitrogen and oxygen atoms in total. The summed E-state index contributed by atoms with van der Waals surface area (Å²) in [5.41, 5.74) is 8.50. The van der Waals surface area contributed by atoms with Gasteiger partial charge in [-0.25, -0.2) is 4.68 Å². The minimum atomic E-state index is -0.445. The first kappa shape index (κ1) is 17.3. The summed E-state index contributed by atoms with van der Waals surface area (Å²) >= 11 is 11.9. The Morgan fingerprint density at radius 2 is 1.92 bits per heavy atom. The maximum Gasteiger partial charge on any atom is 0.280 e. The predicted octanol–water partition coefficient (Wildman–Crippen LogP) is 3.78. The van der Waals surface area contributed by atoms with Crippen molar-refractivity contribution >= 4 is 40.6 Å². The van der Waals surface area contributed by atoms with E-state index in [2.05, 4.69) is 15.6 Å². The second-order valence-electron chi connectivity index (χ2n) is 5.53. The molecule has 0 saturated carbocycles. The number of hydrogen-bond donors (Lipinski definition) is 2. The molecule has 0 bridgehead atoms. The lowest BCUT2D eigenvalue weighted by Gasteiger charge is -2.06. The molecule has 0 aliphatic carbocycles. The number of anilines is 2. The smallest absolute Gasteiger partial charge is 0.280 e. The molecular weight excluding hydrogens is 361 g/mol. The molecule has 0 fully saturated rings. The fourth-order valence-corrected chi connectivity index (χ4v) is 2.53. The van der Waals surface area contributed by atoms with Crippen molar-refractivity contribution in [2.45, 2.75) is 13.5 Å². The van der Waals surface area contributed by atoms with Gasteiger partial charge in [-0.1, -0.05) is 46.6 Å². The van der Waals surface area contributed by atoms with Crippen LogP contribution in [0.25, 0.3) is 0 Å². The summed E-state index contributed by atoms with van der Waals surface area (Å²) in [4.78, 5) is 12.4. The zero-order chi connectivity index (χ0) is 18.0. The fourth-order valence-electron chi connectivity index (χ4n) is 2.22. The Morgan fingerprint density at radius 3 is 2.60 bits per heavy atom. The van der Waals surface area contributed by atoms with Crippen molar-refractivity contribution in [2.75, 3.05) is 11.1 Å². The van der Waals surface area contributed by atoms with Gasteiger partial charge in [-0.3, -0.25) is 4.79 Å². The van der Waals surface area contributed by atoms with Crippen LogP contribution in [0.3, 0.4) is 0 Å². The minimum absolute atomic E-state index is 0.0608. The first-order chi connectivity index (χ1) is 11.9. The van der Waals surface area contributed by atoms with Gasteiger partial charge in [0.2, 0.25) is 0 Å². The Balaban J connectivity index is 1.76. The largest absolute Gasteiger partial charge is 0.382 e. The van der Waals surface area contributed by atoms with E-state index in [0.29, 0.717) is 22.3 Å². The zero-order valence-electron chi connectivity index (χ0n) is 13.3. The average Bonchev–Trinajstić information content (AvgIpc) is 2.94. The van der Waals surface area contributed by atoms with E-state index < -0.39 is 5.91 Å². The van der Waals surface area contributed by atoms with Gasteiger partial charge in [0.05, 0.1) is 6.54 Å². The maximum absolute atomic E-state index is 12.4. The van der Waals surface area contributed by atoms with E-state index in [1.54, 1.807) is 24.3 Å². The number of benzene rings is 2. The number of nitrogens with zero attached hydrogens (tertiary/aromatic N) is 3. The van der Waals surface area contributed by atoms with E-state index in [-0.39, 0.29) is 11.5 Å². The van der Waals surface area contributed by atoms with Crippen molar-refractivity contribution < 1.29 is 4.79 Å². The summed E-state index contributed by atoms with van der Waals surface area (Å²) in [6.45, 7) is 2.27. The number of halogens is 2. The monoisotopic (exact) mass is 375 g/mol. The first-order valence-electron chi connectivity index (χ1n) is 7.45. The number of hydrogen-bond acceptors (Lipinski definition) is 4. The summed E-state index contributed by atoms with van der Waals surface area (Å²) in [6.07, 6.45) is 0. The van der Waals surface area contributed by atoms with Crippen LogP contribution in [-0.4, -0.2) is 20.9 Å². The third kappa shape index (κ3) is 3.92. The van der Waals surface area contributed by atoms with Crippen LogP contribution in [0, 0.1) is 6.92 Å². The van der Waals surface area contributed by atoms with Crippen LogP contribution in [0.15, 0.2) is 42.5 Å². The number of carbonyl (C=O) groups is 1. The molecule has 128 valence electrons. The molecule has 1 amide bonds. The van der Waals surface area contributed by atoms with Crippen molar-refractivity contribution in [1.29, 1.82) is 0 Å². The molecule has 8 heteroatoms. The Hall–Kier alpha value is -2.57. The molecule has 1 heterocycles. The highest BCUT2D eigenvalue weighted by molar-refractivity contribution is 6.31. The summed E-state index contributed by atoms with van der Waals surface area (Å²) in [7, 11) is 0. The molecule has 0 aliphatic rings. The van der Waals surface area contributed by atoms with E-state index >= 15 is 0 Å². The van der Waals surface area contributed by atoms with Gasteiger partial charge in [0.25, 0.3) is 5.91 Å². The number of carbonyl (C=O) groups excluding carboxylic acids is 1. The maximum atomic E-state index is 12.4. The molecule has 25 heavy (non-hydrogen) atoms. The number of nitrogens with one attached hydrogen (secondary N) is 1. The van der Waals surface area contributed by atoms with Gasteiger partial charge < -0.3 is 11.1 Å². The SMILES string of the molecule is Cc1ccc(NC(=O)c2nnn(Cc3ccc(Cl)cc3)c2N)cc1Cl. The van der Waals surface area contributed by atoms with E-state index in [0.717, 1.165) is 11.1 Å². The molecule has 0 unspecified atom stereocenters. The van der Waals surface area contributed by atoms with Crippen molar-refractivity contribution in [2.24, 2.45) is 0 Å². The highest BCUT2D eigenvalue weighted by Crippen LogP contribution is 2.21. The third-order valence-electron chi connectivity index (χ3n) is 3.66. The standard InChI is InChI=1S/C17H15Cl2N5O/c1-10-2-7-13(8-14(10)19)21-17(25)15-16(20)24(23-22-15)9-11-3-5-12(18)6-4-11/h2-8H,9,20H2,1H3,(H,21,25). The van der Waals surface area contributed by atoms with Crippen LogP contribution in [0.5, 0.6) is 0 Å². The summed E-state index contributed by atoms with van der Waals surface area (Å²) in [5.74, 6) is -0.259. The Morgan fingerprint density at radius 1 is 1.20 bits per heavy atom. The van der Waals surface area contributed by atoms with Crippen molar-refractivity contribution in [3.63, 3.8) is 0 Å². The number of rotatable bonds is 4. The minimum Gasteiger partial charge on any atom is -0.382 e. The Bertz CT molecular complexity index is 921. The van der Waals surface area contributed by atoms with Gasteiger partial charge in [-0.15, -0.1) is 5.10 Å². The average molecular weight is 376 g/mol. The number of amides is 1. The number of nitrogens with two attached hydrogens (primary N) is 1. The van der Waals surface area contributed by atoms with Crippen molar-refractivity contribution in [1.82, 2.24) is 15.0 Å². The summed E-state index contributed by atoms with van der Waals surface area (Å²) in [5, 5.41) is 11.8. The van der Waals surface area contributed by atoms with Crippen LogP contribution in [0.2, 0.25) is 10.0 Å². The lowest BCUT2D eigenvalue weighted by atomic mass is 10.2. The third-order valence-corrected chi connectivity index (χ3v) is 4.32. The van der Waals surface area contributed by atoms with Crippen LogP contribution >= 0.6 is 23.2 Å². The van der Waals surface area contributed by atoms with Gasteiger partial charge in [0.1, 0.15) is 0 Å². The molecule has 0 atom stereocenters. The molecule has 3 aromatic rings. The van der Waals surface area contributed by atoms with Crippen molar-refractivity contribution in [3.05, 3.63) is 69.3 Å². The quantitative estimate of drug-likeness (QED) is 0.726. The van der Waals surface area contributed by atoms with Gasteiger partial charge in [0.15, 0.2) is 11.5 Å². The normalized spacial score (nSPS) is 10.7. The predicted molar refractivity (Wildman–Crippen MR) is 99.1 cm³/mol. The van der Waals surface area contributed by atoms with Gasteiger partial charge in [-0.2, -0.15) is 0 Å². The molecule has 0 aliphatic heterocycles. The fraction of sp³-hybridized carbons (Fsp3) is 0.118. The molecule has 2 aromatic carbocycles. The summed E-state index contributed by atoms with van der Waals surface area (Å²) < 4.78 is 1.46. The van der Waals surface area contributed by atoms with E-state index in [1.165, 1.54) is 4.68 Å². The van der Waals surface area contributed by atoms with Crippen molar-refractivity contribution in [3.8, 4) is 0 Å². The Kier molecular flexibility index (Phi) is 4.92. The zero-order valence-corrected chi connectivity index (χ0v) is 14.8. The van der Waals surface area contributed by atoms with E-state index in [4.69, 9.17) is 28.9 Å². The lowest BCUT2D eigenvalue weighted by Crippen LogP contribution is -2.15. The summed E-state index contributed by atoms with van der Waals surface area (Å²) in [6, 6.07) is 12.5. The Labute approximate surface area is 154 Å². The topological polar surface area (TPSA) is 85.8 Å². The molecule has 0 radical (unpaired) electrons. The highest BCUT2D eigenvalue weighted by atomic mass is 35.5. The first-order valence-corrected chi connectivity index (χ1v) is 8.20.